The van der Waals surface area contributed by atoms with Gasteiger partial charge in [-0.05, 0) is 73.8 Å². The number of ether oxygens (including phenoxy) is 1. The van der Waals surface area contributed by atoms with Gasteiger partial charge in [0.2, 0.25) is 5.91 Å². The fraction of sp³-hybridized carbons (Fsp3) is 0.400. The van der Waals surface area contributed by atoms with Crippen LogP contribution in [0.25, 0.3) is 5.69 Å². The molecule has 41 heavy (non-hydrogen) atoms. The van der Waals surface area contributed by atoms with E-state index in [2.05, 4.69) is 15.7 Å². The van der Waals surface area contributed by atoms with Crippen LogP contribution >= 0.6 is 0 Å². The Morgan fingerprint density at radius 2 is 1.71 bits per heavy atom. The Labute approximate surface area is 236 Å². The molecule has 0 bridgehead atoms. The third kappa shape index (κ3) is 7.74. The van der Waals surface area contributed by atoms with Crippen LogP contribution in [-0.4, -0.2) is 41.2 Å². The molecule has 0 unspecified atom stereocenters. The number of rotatable bonds is 9. The summed E-state index contributed by atoms with van der Waals surface area (Å²) in [5.74, 6) is -0.778. The summed E-state index contributed by atoms with van der Waals surface area (Å²) in [4.78, 5) is 36.6. The number of hydrogen-bond acceptors (Lipinski definition) is 5. The second-order valence-corrected chi connectivity index (χ2v) is 10.3. The van der Waals surface area contributed by atoms with Gasteiger partial charge in [0.15, 0.2) is 5.69 Å². The maximum absolute atomic E-state index is 13.6. The molecule has 11 heteroatoms. The maximum Gasteiger partial charge on any atom is 0.435 e. The van der Waals surface area contributed by atoms with Crippen LogP contribution in [0.3, 0.4) is 0 Å². The van der Waals surface area contributed by atoms with E-state index in [4.69, 9.17) is 4.74 Å². The van der Waals surface area contributed by atoms with E-state index in [1.54, 1.807) is 31.2 Å². The molecule has 0 spiro atoms. The minimum Gasteiger partial charge on any atom is -0.469 e. The van der Waals surface area contributed by atoms with Crippen molar-refractivity contribution < 1.29 is 32.3 Å². The molecule has 3 aromatic rings. The average Bonchev–Trinajstić information content (AvgIpc) is 3.40. The molecule has 218 valence electrons. The highest BCUT2D eigenvalue weighted by atomic mass is 19.4. The van der Waals surface area contributed by atoms with Crippen LogP contribution in [0.4, 0.5) is 18.9 Å². The number of halogens is 3. The van der Waals surface area contributed by atoms with Gasteiger partial charge in [-0.2, -0.15) is 18.3 Å². The topological polar surface area (TPSA) is 102 Å². The highest BCUT2D eigenvalue weighted by Crippen LogP contribution is 2.37. The van der Waals surface area contributed by atoms with E-state index in [1.807, 2.05) is 24.3 Å². The predicted molar refractivity (Wildman–Crippen MR) is 147 cm³/mol. The first-order valence-corrected chi connectivity index (χ1v) is 13.5. The van der Waals surface area contributed by atoms with E-state index in [9.17, 15) is 27.6 Å². The number of aryl methyl sites for hydroxylation is 1. The molecule has 1 aliphatic rings. The molecule has 4 rings (SSSR count). The molecule has 2 N–H and O–H groups in total. The molecule has 1 heterocycles. The van der Waals surface area contributed by atoms with Gasteiger partial charge < -0.3 is 15.4 Å². The van der Waals surface area contributed by atoms with Crippen molar-refractivity contribution in [2.75, 3.05) is 19.0 Å². The highest BCUT2D eigenvalue weighted by molar-refractivity contribution is 5.96. The zero-order chi connectivity index (χ0) is 29.6. The van der Waals surface area contributed by atoms with Crippen molar-refractivity contribution in [2.24, 2.45) is 5.92 Å². The maximum atomic E-state index is 13.6. The molecule has 2 aromatic carbocycles. The molecule has 8 nitrogen and oxygen atoms in total. The Morgan fingerprint density at radius 1 is 1.02 bits per heavy atom. The summed E-state index contributed by atoms with van der Waals surface area (Å²) in [5.41, 5.74) is 0.967. The minimum atomic E-state index is -4.83. The summed E-state index contributed by atoms with van der Waals surface area (Å²) in [6.45, 7) is 1.58. The number of anilines is 1. The van der Waals surface area contributed by atoms with Crippen molar-refractivity contribution >= 4 is 23.5 Å². The number of benzene rings is 2. The number of nitrogens with zero attached hydrogens (tertiary/aromatic N) is 2. The van der Waals surface area contributed by atoms with E-state index in [1.165, 1.54) is 12.7 Å². The van der Waals surface area contributed by atoms with Crippen LogP contribution in [0.1, 0.15) is 71.6 Å². The molecule has 0 saturated heterocycles. The van der Waals surface area contributed by atoms with Gasteiger partial charge in [0.05, 0.1) is 18.4 Å². The predicted octanol–water partition coefficient (Wildman–Crippen LogP) is 5.80. The molecule has 1 aromatic heterocycles. The van der Waals surface area contributed by atoms with Crippen LogP contribution < -0.4 is 10.6 Å². The Hall–Kier alpha value is -4.15. The summed E-state index contributed by atoms with van der Waals surface area (Å²) < 4.78 is 46.7. The fourth-order valence-corrected chi connectivity index (χ4v) is 5.16. The first-order valence-electron chi connectivity index (χ1n) is 13.5. The van der Waals surface area contributed by atoms with Gasteiger partial charge >= 0.3 is 12.1 Å². The van der Waals surface area contributed by atoms with Crippen LogP contribution in [0.15, 0.2) is 54.7 Å². The van der Waals surface area contributed by atoms with Crippen LogP contribution in [-0.2, 0) is 20.5 Å². The molecular formula is C30H33F3N4O4. The zero-order valence-electron chi connectivity index (χ0n) is 23.0. The fourth-order valence-electron chi connectivity index (χ4n) is 5.16. The van der Waals surface area contributed by atoms with E-state index < -0.39 is 23.3 Å². The monoisotopic (exact) mass is 570 g/mol. The van der Waals surface area contributed by atoms with Gasteiger partial charge in [-0.25, -0.2) is 4.68 Å². The van der Waals surface area contributed by atoms with Crippen molar-refractivity contribution in [3.63, 3.8) is 0 Å². The standard InChI is InChI=1S/C30H33F3N4O4/c1-19-5-3-4-6-25(19)37-18-24(28(36-37)30(31,32)33)29(40)34-16-15-26(38)35-23-13-11-22(12-14-23)21-9-7-20(8-10-21)17-27(39)41-2/h3-6,11-14,18,20-21H,7-10,15-17H2,1-2H3,(H,34,40)(H,35,38). The van der Waals surface area contributed by atoms with Crippen LogP contribution in [0.2, 0.25) is 0 Å². The Balaban J connectivity index is 1.28. The number of hydrogen-bond donors (Lipinski definition) is 2. The van der Waals surface area contributed by atoms with Crippen molar-refractivity contribution in [1.82, 2.24) is 15.1 Å². The molecule has 1 saturated carbocycles. The lowest BCUT2D eigenvalue weighted by atomic mass is 9.77. The first-order chi connectivity index (χ1) is 19.5. The molecule has 2 amide bonds. The number of carbonyl (C=O) groups is 3. The lowest BCUT2D eigenvalue weighted by Gasteiger charge is -2.28. The van der Waals surface area contributed by atoms with Crippen molar-refractivity contribution in [1.29, 1.82) is 0 Å². The Kier molecular flexibility index (Phi) is 9.46. The van der Waals surface area contributed by atoms with E-state index in [0.717, 1.165) is 36.6 Å². The minimum absolute atomic E-state index is 0.120. The molecule has 0 atom stereocenters. The number of carbonyl (C=O) groups excluding carboxylic acids is 3. The number of para-hydroxylation sites is 1. The summed E-state index contributed by atoms with van der Waals surface area (Å²) in [6.07, 6.45) is 0.433. The molecule has 1 aliphatic carbocycles. The van der Waals surface area contributed by atoms with Crippen molar-refractivity contribution in [3.05, 3.63) is 77.1 Å². The number of amides is 2. The lowest BCUT2D eigenvalue weighted by Crippen LogP contribution is -2.29. The van der Waals surface area contributed by atoms with Crippen molar-refractivity contribution in [3.8, 4) is 5.69 Å². The van der Waals surface area contributed by atoms with Gasteiger partial charge in [-0.1, -0.05) is 30.3 Å². The number of alkyl halides is 3. The van der Waals surface area contributed by atoms with Gasteiger partial charge in [-0.3, -0.25) is 14.4 Å². The summed E-state index contributed by atoms with van der Waals surface area (Å²) in [6, 6.07) is 14.3. The number of methoxy groups -OCH3 is 1. The van der Waals surface area contributed by atoms with E-state index in [0.29, 0.717) is 35.2 Å². The number of esters is 1. The smallest absolute Gasteiger partial charge is 0.435 e. The molecule has 0 aliphatic heterocycles. The van der Waals surface area contributed by atoms with Gasteiger partial charge in [-0.15, -0.1) is 0 Å². The molecule has 0 radical (unpaired) electrons. The second kappa shape index (κ2) is 13.0. The van der Waals surface area contributed by atoms with Crippen LogP contribution in [0.5, 0.6) is 0 Å². The summed E-state index contributed by atoms with van der Waals surface area (Å²) in [5, 5.41) is 8.77. The number of aromatic nitrogens is 2. The number of nitrogens with one attached hydrogen (secondary N) is 2. The largest absolute Gasteiger partial charge is 0.469 e. The summed E-state index contributed by atoms with van der Waals surface area (Å²) >= 11 is 0. The molecular weight excluding hydrogens is 537 g/mol. The summed E-state index contributed by atoms with van der Waals surface area (Å²) in [7, 11) is 1.40. The Morgan fingerprint density at radius 3 is 2.34 bits per heavy atom. The SMILES string of the molecule is COC(=O)CC1CCC(c2ccc(NC(=O)CCNC(=O)c3cn(-c4ccccc4C)nc3C(F)(F)F)cc2)CC1. The van der Waals surface area contributed by atoms with E-state index in [-0.39, 0.29) is 24.8 Å². The Bertz CT molecular complexity index is 1380. The average molecular weight is 571 g/mol. The van der Waals surface area contributed by atoms with Gasteiger partial charge in [0.1, 0.15) is 0 Å². The van der Waals surface area contributed by atoms with Crippen molar-refractivity contribution in [2.45, 2.75) is 57.5 Å². The van der Waals surface area contributed by atoms with Crippen LogP contribution in [0, 0.1) is 12.8 Å². The first kappa shape index (κ1) is 29.8. The quantitative estimate of drug-likeness (QED) is 0.317. The molecule has 1 fully saturated rings. The van der Waals surface area contributed by atoms with Gasteiger partial charge in [0.25, 0.3) is 5.91 Å². The third-order valence-electron chi connectivity index (χ3n) is 7.42. The van der Waals surface area contributed by atoms with E-state index >= 15 is 0 Å². The van der Waals surface area contributed by atoms with Gasteiger partial charge in [0, 0.05) is 31.3 Å². The zero-order valence-corrected chi connectivity index (χ0v) is 23.0. The third-order valence-corrected chi connectivity index (χ3v) is 7.42. The normalized spacial score (nSPS) is 17.1. The lowest BCUT2D eigenvalue weighted by molar-refractivity contribution is -0.142. The highest BCUT2D eigenvalue weighted by Gasteiger charge is 2.39. The second-order valence-electron chi connectivity index (χ2n) is 10.3.